The summed E-state index contributed by atoms with van der Waals surface area (Å²) in [5.41, 5.74) is 0. The molecule has 2 heterocycles. The summed E-state index contributed by atoms with van der Waals surface area (Å²) in [5, 5.41) is 3.24. The van der Waals surface area contributed by atoms with Crippen molar-refractivity contribution < 1.29 is 9.47 Å². The molecule has 1 saturated heterocycles. The van der Waals surface area contributed by atoms with Crippen LogP contribution in [0, 0.1) is 5.92 Å². The molecular weight excluding hydrogens is 310 g/mol. The lowest BCUT2D eigenvalue weighted by atomic mass is 10.0. The molecule has 0 saturated carbocycles. The van der Waals surface area contributed by atoms with Crippen molar-refractivity contribution in [2.75, 3.05) is 31.7 Å². The van der Waals surface area contributed by atoms with Crippen LogP contribution in [0.4, 0.5) is 5.82 Å². The Morgan fingerprint density at radius 2 is 2.21 bits per heavy atom. The molecule has 106 valence electrons. The molecule has 0 aromatic carbocycles. The molecule has 1 aromatic rings. The molecule has 1 N–H and O–H groups in total. The molecule has 1 aliphatic rings. The first-order chi connectivity index (χ1) is 9.31. The number of anilines is 1. The van der Waals surface area contributed by atoms with E-state index in [0.29, 0.717) is 18.4 Å². The van der Waals surface area contributed by atoms with Gasteiger partial charge >= 0.3 is 0 Å². The second-order valence-corrected chi connectivity index (χ2v) is 5.43. The topological polar surface area (TPSA) is 56.3 Å². The lowest BCUT2D eigenvalue weighted by molar-refractivity contribution is 0.0489. The third kappa shape index (κ3) is 4.31. The fourth-order valence-corrected chi connectivity index (χ4v) is 2.39. The molecule has 1 fully saturated rings. The van der Waals surface area contributed by atoms with Gasteiger partial charge < -0.3 is 14.8 Å². The number of halogens is 1. The second-order valence-electron chi connectivity index (χ2n) is 4.63. The molecule has 6 heteroatoms. The summed E-state index contributed by atoms with van der Waals surface area (Å²) in [4.78, 5) is 8.38. The lowest BCUT2D eigenvalue weighted by Gasteiger charge is -2.22. The maximum absolute atomic E-state index is 5.80. The summed E-state index contributed by atoms with van der Waals surface area (Å²) >= 11 is 3.50. The van der Waals surface area contributed by atoms with E-state index in [0.717, 1.165) is 49.3 Å². The highest BCUT2D eigenvalue weighted by molar-refractivity contribution is 9.10. The Hall–Kier alpha value is -0.880. The Balaban J connectivity index is 1.91. The predicted molar refractivity (Wildman–Crippen MR) is 77.6 cm³/mol. The van der Waals surface area contributed by atoms with Crippen molar-refractivity contribution in [3.63, 3.8) is 0 Å². The van der Waals surface area contributed by atoms with Crippen molar-refractivity contribution in [1.82, 2.24) is 9.97 Å². The summed E-state index contributed by atoms with van der Waals surface area (Å²) in [5.74, 6) is 1.96. The number of nitrogens with zero attached hydrogens (tertiary/aromatic N) is 2. The molecule has 0 atom stereocenters. The van der Waals surface area contributed by atoms with E-state index in [4.69, 9.17) is 9.47 Å². The number of hydrogen-bond donors (Lipinski definition) is 1. The SMILES string of the molecule is CCCNc1ncnc(OCC2CCOCC2)c1Br. The third-order valence-electron chi connectivity index (χ3n) is 3.10. The monoisotopic (exact) mass is 329 g/mol. The Morgan fingerprint density at radius 1 is 1.42 bits per heavy atom. The quantitative estimate of drug-likeness (QED) is 0.869. The molecule has 1 aliphatic heterocycles. The number of hydrogen-bond acceptors (Lipinski definition) is 5. The van der Waals surface area contributed by atoms with Crippen LogP contribution in [0.1, 0.15) is 26.2 Å². The summed E-state index contributed by atoms with van der Waals surface area (Å²) < 4.78 is 11.9. The molecule has 1 aromatic heterocycles. The van der Waals surface area contributed by atoms with Crippen LogP contribution in [0.3, 0.4) is 0 Å². The van der Waals surface area contributed by atoms with Crippen molar-refractivity contribution >= 4 is 21.7 Å². The minimum Gasteiger partial charge on any atom is -0.476 e. The minimum atomic E-state index is 0.558. The summed E-state index contributed by atoms with van der Waals surface area (Å²) in [7, 11) is 0. The zero-order chi connectivity index (χ0) is 13.5. The molecule has 2 rings (SSSR count). The van der Waals surface area contributed by atoms with Gasteiger partial charge in [0.1, 0.15) is 16.6 Å². The molecule has 0 radical (unpaired) electrons. The van der Waals surface area contributed by atoms with Gasteiger partial charge in [0.15, 0.2) is 0 Å². The summed E-state index contributed by atoms with van der Waals surface area (Å²) in [6.07, 6.45) is 4.70. The Kier molecular flexibility index (Phi) is 5.85. The summed E-state index contributed by atoms with van der Waals surface area (Å²) in [6, 6.07) is 0. The Labute approximate surface area is 122 Å². The van der Waals surface area contributed by atoms with Crippen LogP contribution in [0.5, 0.6) is 5.88 Å². The zero-order valence-corrected chi connectivity index (χ0v) is 12.8. The van der Waals surface area contributed by atoms with Gasteiger partial charge in [0.05, 0.1) is 6.61 Å². The van der Waals surface area contributed by atoms with Gasteiger partial charge in [-0.2, -0.15) is 0 Å². The second kappa shape index (κ2) is 7.65. The van der Waals surface area contributed by atoms with Crippen LogP contribution in [0.15, 0.2) is 10.8 Å². The maximum atomic E-state index is 5.80. The van der Waals surface area contributed by atoms with E-state index in [-0.39, 0.29) is 0 Å². The molecule has 0 aliphatic carbocycles. The average Bonchev–Trinajstić information content (AvgIpc) is 2.46. The molecule has 0 bridgehead atoms. The number of rotatable bonds is 6. The fourth-order valence-electron chi connectivity index (χ4n) is 1.93. The van der Waals surface area contributed by atoms with Gasteiger partial charge in [0, 0.05) is 19.8 Å². The van der Waals surface area contributed by atoms with E-state index >= 15 is 0 Å². The first-order valence-electron chi connectivity index (χ1n) is 6.76. The van der Waals surface area contributed by atoms with E-state index in [1.54, 1.807) is 0 Å². The van der Waals surface area contributed by atoms with Crippen LogP contribution in [0.2, 0.25) is 0 Å². The first-order valence-corrected chi connectivity index (χ1v) is 7.55. The molecule has 0 spiro atoms. The average molecular weight is 330 g/mol. The lowest BCUT2D eigenvalue weighted by Crippen LogP contribution is -2.21. The van der Waals surface area contributed by atoms with Crippen molar-refractivity contribution in [3.8, 4) is 5.88 Å². The largest absolute Gasteiger partial charge is 0.476 e. The zero-order valence-electron chi connectivity index (χ0n) is 11.2. The van der Waals surface area contributed by atoms with Gasteiger partial charge in [-0.1, -0.05) is 6.92 Å². The molecule has 19 heavy (non-hydrogen) atoms. The first kappa shape index (κ1) is 14.5. The highest BCUT2D eigenvalue weighted by Gasteiger charge is 2.16. The van der Waals surface area contributed by atoms with Gasteiger partial charge in [-0.25, -0.2) is 9.97 Å². The van der Waals surface area contributed by atoms with E-state index in [1.807, 2.05) is 0 Å². The van der Waals surface area contributed by atoms with E-state index in [2.05, 4.69) is 38.1 Å². The van der Waals surface area contributed by atoms with Gasteiger partial charge in [0.25, 0.3) is 0 Å². The smallest absolute Gasteiger partial charge is 0.233 e. The minimum absolute atomic E-state index is 0.558. The predicted octanol–water partition coefficient (Wildman–Crippen LogP) is 2.87. The van der Waals surface area contributed by atoms with Crippen LogP contribution < -0.4 is 10.1 Å². The standard InChI is InChI=1S/C13H20BrN3O2/c1-2-5-15-12-11(14)13(17-9-16-12)19-8-10-3-6-18-7-4-10/h9-10H,2-8H2,1H3,(H,15,16,17). The van der Waals surface area contributed by atoms with Gasteiger partial charge in [-0.15, -0.1) is 0 Å². The van der Waals surface area contributed by atoms with Crippen LogP contribution >= 0.6 is 15.9 Å². The van der Waals surface area contributed by atoms with Crippen LogP contribution in [-0.2, 0) is 4.74 Å². The van der Waals surface area contributed by atoms with Crippen molar-refractivity contribution in [2.24, 2.45) is 5.92 Å². The van der Waals surface area contributed by atoms with Gasteiger partial charge in [-0.05, 0) is 41.1 Å². The number of nitrogens with one attached hydrogen (secondary N) is 1. The summed E-state index contributed by atoms with van der Waals surface area (Å²) in [6.45, 7) is 5.36. The van der Waals surface area contributed by atoms with Crippen molar-refractivity contribution in [1.29, 1.82) is 0 Å². The molecular formula is C13H20BrN3O2. The molecule has 0 amide bonds. The van der Waals surface area contributed by atoms with Crippen molar-refractivity contribution in [2.45, 2.75) is 26.2 Å². The normalized spacial score (nSPS) is 16.3. The van der Waals surface area contributed by atoms with E-state index < -0.39 is 0 Å². The number of aromatic nitrogens is 2. The van der Waals surface area contributed by atoms with E-state index in [1.165, 1.54) is 6.33 Å². The molecule has 5 nitrogen and oxygen atoms in total. The van der Waals surface area contributed by atoms with E-state index in [9.17, 15) is 0 Å². The highest BCUT2D eigenvalue weighted by Crippen LogP contribution is 2.29. The Morgan fingerprint density at radius 3 is 2.95 bits per heavy atom. The Bertz CT molecular complexity index is 397. The maximum Gasteiger partial charge on any atom is 0.233 e. The van der Waals surface area contributed by atoms with Crippen LogP contribution in [0.25, 0.3) is 0 Å². The van der Waals surface area contributed by atoms with Crippen LogP contribution in [-0.4, -0.2) is 36.3 Å². The fraction of sp³-hybridized carbons (Fsp3) is 0.692. The third-order valence-corrected chi connectivity index (χ3v) is 3.81. The van der Waals surface area contributed by atoms with Crippen molar-refractivity contribution in [3.05, 3.63) is 10.8 Å². The van der Waals surface area contributed by atoms with Gasteiger partial charge in [0.2, 0.25) is 5.88 Å². The highest BCUT2D eigenvalue weighted by atomic mass is 79.9. The molecule has 0 unspecified atom stereocenters. The van der Waals surface area contributed by atoms with Gasteiger partial charge in [-0.3, -0.25) is 0 Å². The number of ether oxygens (including phenoxy) is 2.